The van der Waals surface area contributed by atoms with E-state index in [2.05, 4.69) is 25.6 Å². The topological polar surface area (TPSA) is 66.3 Å². The van der Waals surface area contributed by atoms with Gasteiger partial charge < -0.3 is 0 Å². The minimum Gasteiger partial charge on any atom is -0.266 e. The van der Waals surface area contributed by atoms with E-state index >= 15 is 0 Å². The van der Waals surface area contributed by atoms with Crippen LogP contribution in [0.25, 0.3) is 0 Å². The maximum absolute atomic E-state index is 4.10. The second kappa shape index (κ2) is 7.50. The van der Waals surface area contributed by atoms with Crippen molar-refractivity contribution in [2.45, 2.75) is 0 Å². The number of nitrogens with one attached hydrogen (secondary N) is 1. The van der Waals surface area contributed by atoms with Gasteiger partial charge in [0.05, 0.1) is 17.6 Å². The van der Waals surface area contributed by atoms with Gasteiger partial charge in [-0.25, -0.2) is 0 Å². The molecule has 0 fully saturated rings. The third kappa shape index (κ3) is 4.91. The lowest BCUT2D eigenvalue weighted by Crippen LogP contribution is -1.62. The van der Waals surface area contributed by atoms with Crippen LogP contribution >= 0.6 is 0 Å². The van der Waals surface area contributed by atoms with Gasteiger partial charge in [-0.2, -0.15) is 10.2 Å². The Morgan fingerprint density at radius 3 is 1.58 bits per heavy atom. The number of benzene rings is 2. The molecule has 3 aromatic rings. The summed E-state index contributed by atoms with van der Waals surface area (Å²) in [6.45, 7) is 0. The third-order valence-corrected chi connectivity index (χ3v) is 2.12. The van der Waals surface area contributed by atoms with Crippen molar-refractivity contribution in [3.63, 3.8) is 0 Å². The summed E-state index contributed by atoms with van der Waals surface area (Å²) in [6.07, 6.45) is 3.24. The molecule has 2 aromatic carbocycles. The van der Waals surface area contributed by atoms with Crippen LogP contribution in [0, 0.1) is 0 Å². The van der Waals surface area contributed by atoms with E-state index < -0.39 is 0 Å². The van der Waals surface area contributed by atoms with Crippen LogP contribution < -0.4 is 0 Å². The molecule has 0 unspecified atom stereocenters. The lowest BCUT2D eigenvalue weighted by atomic mass is 10.3. The molecule has 1 N–H and O–H groups in total. The van der Waals surface area contributed by atoms with E-state index in [1.165, 1.54) is 0 Å². The summed E-state index contributed by atoms with van der Waals surface area (Å²) in [5.41, 5.74) is 1.74. The van der Waals surface area contributed by atoms with Gasteiger partial charge in [0, 0.05) is 6.20 Å². The normalized spacial score (nSPS) is 9.89. The minimum absolute atomic E-state index is 0.872. The Labute approximate surface area is 111 Å². The molecule has 0 saturated heterocycles. The maximum atomic E-state index is 4.10. The second-order valence-corrected chi connectivity index (χ2v) is 3.53. The average molecular weight is 251 g/mol. The number of aromatic amines is 1. The van der Waals surface area contributed by atoms with E-state index in [9.17, 15) is 0 Å². The minimum atomic E-state index is 0.872. The monoisotopic (exact) mass is 251 g/mol. The zero-order chi connectivity index (χ0) is 13.2. The van der Waals surface area contributed by atoms with Crippen LogP contribution in [0.3, 0.4) is 0 Å². The molecule has 0 amide bonds. The fraction of sp³-hybridized carbons (Fsp3) is 0. The molecule has 0 radical (unpaired) electrons. The largest absolute Gasteiger partial charge is 0.266 e. The van der Waals surface area contributed by atoms with E-state index in [1.54, 1.807) is 12.4 Å². The molecular formula is C14H13N5. The summed E-state index contributed by atoms with van der Waals surface area (Å²) < 4.78 is 0. The summed E-state index contributed by atoms with van der Waals surface area (Å²) >= 11 is 0. The fourth-order valence-corrected chi connectivity index (χ4v) is 1.27. The highest BCUT2D eigenvalue weighted by Crippen LogP contribution is 2.16. The number of nitrogens with zero attached hydrogens (tertiary/aromatic N) is 4. The summed E-state index contributed by atoms with van der Waals surface area (Å²) in [5, 5.41) is 17.5. The van der Waals surface area contributed by atoms with Gasteiger partial charge >= 0.3 is 0 Å². The van der Waals surface area contributed by atoms with Gasteiger partial charge in [0.2, 0.25) is 0 Å². The van der Waals surface area contributed by atoms with E-state index in [0.29, 0.717) is 0 Å². The quantitative estimate of drug-likeness (QED) is 0.702. The molecule has 0 bridgehead atoms. The molecule has 5 heteroatoms. The lowest BCUT2D eigenvalue weighted by molar-refractivity contribution is 0.940. The molecule has 5 nitrogen and oxygen atoms in total. The predicted molar refractivity (Wildman–Crippen MR) is 73.4 cm³/mol. The molecule has 0 spiro atoms. The first kappa shape index (κ1) is 12.6. The van der Waals surface area contributed by atoms with Crippen LogP contribution in [0.2, 0.25) is 0 Å². The van der Waals surface area contributed by atoms with Gasteiger partial charge in [-0.05, 0) is 24.3 Å². The van der Waals surface area contributed by atoms with E-state index in [4.69, 9.17) is 0 Å². The molecule has 0 aliphatic rings. The number of hydrogen-bond acceptors (Lipinski definition) is 4. The molecule has 0 aliphatic heterocycles. The Balaban J connectivity index is 0.000000224. The number of azo groups is 1. The van der Waals surface area contributed by atoms with Gasteiger partial charge in [0.15, 0.2) is 0 Å². The zero-order valence-corrected chi connectivity index (χ0v) is 10.2. The molecular weight excluding hydrogens is 238 g/mol. The van der Waals surface area contributed by atoms with Crippen molar-refractivity contribution in [2.24, 2.45) is 10.2 Å². The first-order valence-corrected chi connectivity index (χ1v) is 5.77. The molecule has 3 rings (SSSR count). The van der Waals surface area contributed by atoms with Crippen molar-refractivity contribution in [1.82, 2.24) is 15.4 Å². The molecule has 94 valence electrons. The first-order valence-electron chi connectivity index (χ1n) is 5.77. The SMILES string of the molecule is c1c[nH]nn1.c1ccc(N=Nc2ccccc2)cc1. The number of rotatable bonds is 2. The van der Waals surface area contributed by atoms with Gasteiger partial charge in [-0.15, -0.1) is 5.10 Å². The fourth-order valence-electron chi connectivity index (χ4n) is 1.27. The lowest BCUT2D eigenvalue weighted by Gasteiger charge is -1.91. The average Bonchev–Trinajstić information content (AvgIpc) is 3.07. The van der Waals surface area contributed by atoms with Crippen molar-refractivity contribution in [2.75, 3.05) is 0 Å². The highest BCUT2D eigenvalue weighted by atomic mass is 15.3. The molecule has 0 aliphatic carbocycles. The van der Waals surface area contributed by atoms with Crippen LogP contribution in [0.15, 0.2) is 83.3 Å². The van der Waals surface area contributed by atoms with Gasteiger partial charge in [-0.3, -0.25) is 5.10 Å². The summed E-state index contributed by atoms with van der Waals surface area (Å²) in [6, 6.07) is 19.4. The highest BCUT2D eigenvalue weighted by molar-refractivity contribution is 5.39. The number of H-pyrrole nitrogens is 1. The number of hydrogen-bond donors (Lipinski definition) is 1. The zero-order valence-electron chi connectivity index (χ0n) is 10.2. The Bertz CT molecular complexity index is 517. The maximum Gasteiger partial charge on any atom is 0.0857 e. The van der Waals surface area contributed by atoms with Crippen molar-refractivity contribution in [3.05, 3.63) is 73.1 Å². The number of aromatic nitrogens is 3. The van der Waals surface area contributed by atoms with Crippen molar-refractivity contribution >= 4 is 11.4 Å². The smallest absolute Gasteiger partial charge is 0.0857 e. The Kier molecular flexibility index (Phi) is 4.98. The van der Waals surface area contributed by atoms with Crippen molar-refractivity contribution < 1.29 is 0 Å². The Morgan fingerprint density at radius 1 is 0.737 bits per heavy atom. The first-order chi connectivity index (χ1) is 9.45. The standard InChI is InChI=1S/C12H10N2.C2H3N3/c1-3-7-11(8-4-1)13-14-12-9-5-2-6-10-12;1-2-4-5-3-1/h1-10H;1-2H,(H,3,4,5). The summed E-state index contributed by atoms with van der Waals surface area (Å²) in [5.74, 6) is 0. The van der Waals surface area contributed by atoms with Crippen LogP contribution in [0.1, 0.15) is 0 Å². The molecule has 1 heterocycles. The predicted octanol–water partition coefficient (Wildman–Crippen LogP) is 3.91. The third-order valence-electron chi connectivity index (χ3n) is 2.12. The van der Waals surface area contributed by atoms with E-state index in [1.807, 2.05) is 60.7 Å². The highest BCUT2D eigenvalue weighted by Gasteiger charge is 1.86. The van der Waals surface area contributed by atoms with Crippen LogP contribution in [-0.2, 0) is 0 Å². The van der Waals surface area contributed by atoms with Gasteiger partial charge in [0.25, 0.3) is 0 Å². The van der Waals surface area contributed by atoms with Gasteiger partial charge in [-0.1, -0.05) is 41.6 Å². The van der Waals surface area contributed by atoms with Crippen molar-refractivity contribution in [3.8, 4) is 0 Å². The summed E-state index contributed by atoms with van der Waals surface area (Å²) in [7, 11) is 0. The molecule has 19 heavy (non-hydrogen) atoms. The van der Waals surface area contributed by atoms with E-state index in [-0.39, 0.29) is 0 Å². The Hall–Kier alpha value is -2.82. The van der Waals surface area contributed by atoms with Crippen LogP contribution in [0.5, 0.6) is 0 Å². The molecule has 0 atom stereocenters. The molecule has 1 aromatic heterocycles. The Morgan fingerprint density at radius 2 is 1.26 bits per heavy atom. The second-order valence-electron chi connectivity index (χ2n) is 3.53. The summed E-state index contributed by atoms with van der Waals surface area (Å²) in [4.78, 5) is 0. The van der Waals surface area contributed by atoms with Gasteiger partial charge in [0.1, 0.15) is 0 Å². The van der Waals surface area contributed by atoms with Crippen LogP contribution in [0.4, 0.5) is 11.4 Å². The van der Waals surface area contributed by atoms with E-state index in [0.717, 1.165) is 11.4 Å². The van der Waals surface area contributed by atoms with Crippen LogP contribution in [-0.4, -0.2) is 15.4 Å². The van der Waals surface area contributed by atoms with Crippen molar-refractivity contribution in [1.29, 1.82) is 0 Å². The molecule has 0 saturated carbocycles.